The summed E-state index contributed by atoms with van der Waals surface area (Å²) in [7, 11) is 3.02. The van der Waals surface area contributed by atoms with Crippen molar-refractivity contribution >= 4 is 23.7 Å². The van der Waals surface area contributed by atoms with E-state index in [9.17, 15) is 19.2 Å². The van der Waals surface area contributed by atoms with Gasteiger partial charge in [0.15, 0.2) is 0 Å². The Kier molecular flexibility index (Phi) is 14.9. The van der Waals surface area contributed by atoms with Gasteiger partial charge in [-0.2, -0.15) is 0 Å². The number of rotatable bonds is 9. The van der Waals surface area contributed by atoms with Crippen molar-refractivity contribution in [2.75, 3.05) is 27.2 Å². The molecule has 40 heavy (non-hydrogen) atoms. The zero-order valence-corrected chi connectivity index (χ0v) is 27.0. The van der Waals surface area contributed by atoms with Gasteiger partial charge in [0.1, 0.15) is 12.1 Å². The molecular weight excluding hydrogens is 508 g/mol. The summed E-state index contributed by atoms with van der Waals surface area (Å²) in [6.45, 7) is 19.5. The van der Waals surface area contributed by atoms with Gasteiger partial charge in [0.2, 0.25) is 17.7 Å². The monoisotopic (exact) mass is 564 g/mol. The Hall–Kier alpha value is -2.42. The van der Waals surface area contributed by atoms with Gasteiger partial charge in [0.25, 0.3) is 0 Å². The number of nitrogens with one attached hydrogen (secondary N) is 1. The fourth-order valence-corrected chi connectivity index (χ4v) is 5.20. The summed E-state index contributed by atoms with van der Waals surface area (Å²) < 4.78 is 4.85. The molecule has 2 saturated heterocycles. The number of carbonyl (C=O) groups is 4. The predicted octanol–water partition coefficient (Wildman–Crippen LogP) is 4.01. The summed E-state index contributed by atoms with van der Waals surface area (Å²) >= 11 is 0. The molecule has 230 valence electrons. The molecule has 9 heteroatoms. The number of likely N-dealkylation sites (N-methyl/N-ethyl adjacent to an activating group) is 1. The van der Waals surface area contributed by atoms with E-state index in [1.165, 1.54) is 7.11 Å². The van der Waals surface area contributed by atoms with Crippen molar-refractivity contribution in [2.24, 2.45) is 11.8 Å². The van der Waals surface area contributed by atoms with Crippen molar-refractivity contribution in [3.8, 4) is 0 Å². The number of likely N-dealkylation sites (tertiary alicyclic amines) is 2. The number of methoxy groups -OCH3 is 1. The number of nitrogens with zero attached hydrogens (tertiary/aromatic N) is 3. The Morgan fingerprint density at radius 2 is 1.48 bits per heavy atom. The van der Waals surface area contributed by atoms with Crippen LogP contribution in [0.25, 0.3) is 0 Å². The number of hydrogen-bond acceptors (Lipinski definition) is 6. The summed E-state index contributed by atoms with van der Waals surface area (Å²) in [5.41, 5.74) is 0.470. The van der Waals surface area contributed by atoms with Crippen LogP contribution in [-0.2, 0) is 23.9 Å². The van der Waals surface area contributed by atoms with Crippen molar-refractivity contribution in [3.05, 3.63) is 11.6 Å². The van der Waals surface area contributed by atoms with Gasteiger partial charge in [-0.25, -0.2) is 4.79 Å². The van der Waals surface area contributed by atoms with Crippen LogP contribution in [0.2, 0.25) is 0 Å². The fraction of sp³-hybridized carbons (Fsp3) is 0.806. The highest BCUT2D eigenvalue weighted by Gasteiger charge is 2.37. The molecular formula is C31H56N4O5. The molecule has 2 fully saturated rings. The van der Waals surface area contributed by atoms with Crippen molar-refractivity contribution in [3.63, 3.8) is 0 Å². The number of piperidine rings is 1. The van der Waals surface area contributed by atoms with Crippen LogP contribution in [0.3, 0.4) is 0 Å². The van der Waals surface area contributed by atoms with E-state index in [0.717, 1.165) is 38.1 Å². The molecule has 9 nitrogen and oxygen atoms in total. The molecule has 0 aliphatic carbocycles. The maximum absolute atomic E-state index is 13.5. The maximum Gasteiger partial charge on any atom is 0.328 e. The van der Waals surface area contributed by atoms with Crippen molar-refractivity contribution in [2.45, 2.75) is 125 Å². The van der Waals surface area contributed by atoms with E-state index in [1.807, 2.05) is 20.8 Å². The van der Waals surface area contributed by atoms with Crippen LogP contribution >= 0.6 is 0 Å². The van der Waals surface area contributed by atoms with Gasteiger partial charge in [-0.3, -0.25) is 19.3 Å². The Bertz CT molecular complexity index is 882. The van der Waals surface area contributed by atoms with E-state index in [0.29, 0.717) is 18.5 Å². The molecule has 0 spiro atoms. The molecule has 0 aromatic rings. The van der Waals surface area contributed by atoms with Crippen LogP contribution in [0.1, 0.15) is 94.4 Å². The van der Waals surface area contributed by atoms with Crippen molar-refractivity contribution in [1.82, 2.24) is 20.0 Å². The van der Waals surface area contributed by atoms with E-state index in [1.54, 1.807) is 29.8 Å². The predicted molar refractivity (Wildman–Crippen MR) is 160 cm³/mol. The largest absolute Gasteiger partial charge is 0.467 e. The molecule has 0 aromatic carbocycles. The van der Waals surface area contributed by atoms with Gasteiger partial charge >= 0.3 is 5.97 Å². The molecule has 0 bridgehead atoms. The third kappa shape index (κ3) is 10.2. The first-order valence-electron chi connectivity index (χ1n) is 15.0. The number of ether oxygens (including phenoxy) is 1. The zero-order chi connectivity index (χ0) is 30.7. The highest BCUT2D eigenvalue weighted by molar-refractivity contribution is 5.96. The first-order valence-corrected chi connectivity index (χ1v) is 15.0. The average Bonchev–Trinajstić information content (AvgIpc) is 3.39. The van der Waals surface area contributed by atoms with Crippen LogP contribution in [0.15, 0.2) is 11.6 Å². The normalized spacial score (nSPS) is 21.6. The standard InChI is InChI=1S/C27H46N4O5.C4H10/c1-17(2)23(28-24(32)21-12-9-10-14-30(21)18(3)4)26(34)29(7)20(6)16-19(5)25(33)31-15-11-13-22(31)27(35)36-8;1-4(2)3/h16-18,20-23H,9-15H2,1-8H3,(H,28,32);4H,1-3H3/b19-16+;. The lowest BCUT2D eigenvalue weighted by molar-refractivity contribution is -0.149. The molecule has 2 heterocycles. The minimum absolute atomic E-state index is 0.0932. The van der Waals surface area contributed by atoms with Crippen molar-refractivity contribution < 1.29 is 23.9 Å². The number of amides is 3. The zero-order valence-electron chi connectivity index (χ0n) is 27.0. The van der Waals surface area contributed by atoms with Crippen LogP contribution in [0.4, 0.5) is 0 Å². The summed E-state index contributed by atoms with van der Waals surface area (Å²) in [6.07, 6.45) is 5.96. The quantitative estimate of drug-likeness (QED) is 0.336. The minimum Gasteiger partial charge on any atom is -0.467 e. The fourth-order valence-electron chi connectivity index (χ4n) is 5.20. The summed E-state index contributed by atoms with van der Waals surface area (Å²) in [5, 5.41) is 3.03. The smallest absolute Gasteiger partial charge is 0.328 e. The molecule has 1 N–H and O–H groups in total. The van der Waals surface area contributed by atoms with Gasteiger partial charge < -0.3 is 19.9 Å². The lowest BCUT2D eigenvalue weighted by Gasteiger charge is -2.39. The van der Waals surface area contributed by atoms with E-state index in [4.69, 9.17) is 4.74 Å². The lowest BCUT2D eigenvalue weighted by Crippen LogP contribution is -2.58. The molecule has 0 aromatic heterocycles. The Labute approximate surface area is 243 Å². The molecule has 3 amide bonds. The second-order valence-electron chi connectivity index (χ2n) is 12.5. The number of esters is 1. The summed E-state index contributed by atoms with van der Waals surface area (Å²) in [6, 6.07) is -1.56. The van der Waals surface area contributed by atoms with E-state index in [2.05, 4.69) is 44.8 Å². The molecule has 0 radical (unpaired) electrons. The van der Waals surface area contributed by atoms with E-state index < -0.39 is 18.1 Å². The molecule has 4 atom stereocenters. The van der Waals surface area contributed by atoms with Gasteiger partial charge in [0.05, 0.1) is 13.2 Å². The molecule has 4 unspecified atom stereocenters. The first kappa shape index (κ1) is 35.6. The van der Waals surface area contributed by atoms with Gasteiger partial charge in [-0.15, -0.1) is 0 Å². The minimum atomic E-state index is -0.660. The Morgan fingerprint density at radius 3 is 2.00 bits per heavy atom. The van der Waals surface area contributed by atoms with E-state index >= 15 is 0 Å². The maximum atomic E-state index is 13.5. The Morgan fingerprint density at radius 1 is 0.900 bits per heavy atom. The highest BCUT2D eigenvalue weighted by atomic mass is 16.5. The van der Waals surface area contributed by atoms with Crippen LogP contribution in [0, 0.1) is 11.8 Å². The summed E-state index contributed by atoms with van der Waals surface area (Å²) in [4.78, 5) is 57.1. The molecule has 2 aliphatic rings. The highest BCUT2D eigenvalue weighted by Crippen LogP contribution is 2.22. The molecule has 2 rings (SSSR count). The molecule has 0 saturated carbocycles. The van der Waals surface area contributed by atoms with Crippen LogP contribution in [-0.4, -0.2) is 95.8 Å². The average molecular weight is 565 g/mol. The van der Waals surface area contributed by atoms with E-state index in [-0.39, 0.29) is 41.8 Å². The first-order chi connectivity index (χ1) is 18.6. The second kappa shape index (κ2) is 16.7. The molecule has 2 aliphatic heterocycles. The number of carbonyl (C=O) groups excluding carboxylic acids is 4. The summed E-state index contributed by atoms with van der Waals surface area (Å²) in [5.74, 6) is -0.178. The lowest BCUT2D eigenvalue weighted by atomic mass is 9.97. The van der Waals surface area contributed by atoms with Gasteiger partial charge in [0, 0.05) is 31.2 Å². The topological polar surface area (TPSA) is 99.3 Å². The second-order valence-corrected chi connectivity index (χ2v) is 12.5. The van der Waals surface area contributed by atoms with Crippen molar-refractivity contribution in [1.29, 1.82) is 0 Å². The third-order valence-electron chi connectivity index (χ3n) is 7.51. The van der Waals surface area contributed by atoms with Gasteiger partial charge in [-0.1, -0.05) is 47.1 Å². The SMILES string of the molecule is CC(C)C.COC(=O)C1CCCN1C(=O)/C(C)=C/C(C)N(C)C(=O)C(NC(=O)C1CCCCN1C(C)C)C(C)C. The third-order valence-corrected chi connectivity index (χ3v) is 7.51. The van der Waals surface area contributed by atoms with Gasteiger partial charge in [-0.05, 0) is 71.8 Å². The Balaban J connectivity index is 0.00000187. The van der Waals surface area contributed by atoms with Crippen LogP contribution < -0.4 is 5.32 Å². The number of hydrogen-bond donors (Lipinski definition) is 1. The van der Waals surface area contributed by atoms with Crippen LogP contribution in [0.5, 0.6) is 0 Å².